The van der Waals surface area contributed by atoms with Gasteiger partial charge in [-0.2, -0.15) is 0 Å². The summed E-state index contributed by atoms with van der Waals surface area (Å²) in [5.41, 5.74) is 2.98. The molecule has 2 N–H and O–H groups in total. The van der Waals surface area contributed by atoms with Gasteiger partial charge >= 0.3 is 0 Å². The molecule has 0 aliphatic carbocycles. The summed E-state index contributed by atoms with van der Waals surface area (Å²) in [6.07, 6.45) is 7.94. The summed E-state index contributed by atoms with van der Waals surface area (Å²) in [7, 11) is 1.66. The molecule has 0 atom stereocenters. The van der Waals surface area contributed by atoms with E-state index in [-0.39, 0.29) is 0 Å². The molecule has 0 spiro atoms. The molecule has 0 aliphatic rings. The number of aromatic amines is 1. The summed E-state index contributed by atoms with van der Waals surface area (Å²) in [6.45, 7) is 1.30. The molecule has 0 radical (unpaired) electrons. The number of hydrogen-bond acceptors (Lipinski definition) is 5. The Kier molecular flexibility index (Phi) is 4.50. The van der Waals surface area contributed by atoms with Crippen LogP contribution in [0, 0.1) is 0 Å². The van der Waals surface area contributed by atoms with E-state index in [2.05, 4.69) is 25.3 Å². The monoisotopic (exact) mass is 317 g/mol. The average Bonchev–Trinajstić information content (AvgIpc) is 2.92. The lowest BCUT2D eigenvalue weighted by molar-refractivity contribution is 0.210. The van der Waals surface area contributed by atoms with Gasteiger partial charge in [0.2, 0.25) is 5.95 Å². The minimum absolute atomic E-state index is 0.601. The maximum atomic E-state index is 6.01. The first-order valence-corrected chi connectivity index (χ1v) is 7.29. The number of H-pyrrole nitrogens is 1. The second-order valence-corrected chi connectivity index (χ2v) is 5.31. The molecule has 6 nitrogen and oxygen atoms in total. The lowest BCUT2D eigenvalue weighted by Gasteiger charge is -2.05. The fourth-order valence-corrected chi connectivity index (χ4v) is 2.36. The molecule has 3 rings (SSSR count). The standard InChI is InChI=1S/C15H16ClN5O/c1-22-3-2-17-15-20-6-10(7-21-15)4-11-8-18-14-13(11)5-12(16)9-19-14/h5-9H,2-4H2,1H3,(H,18,19)(H,17,20,21). The van der Waals surface area contributed by atoms with Gasteiger partial charge in [0.05, 0.1) is 11.6 Å². The summed E-state index contributed by atoms with van der Waals surface area (Å²) in [6, 6.07) is 1.91. The molecule has 0 unspecified atom stereocenters. The topological polar surface area (TPSA) is 75.7 Å². The van der Waals surface area contributed by atoms with E-state index in [0.29, 0.717) is 24.1 Å². The molecule has 0 aromatic carbocycles. The molecule has 0 saturated heterocycles. The summed E-state index contributed by atoms with van der Waals surface area (Å²) < 4.78 is 4.97. The van der Waals surface area contributed by atoms with E-state index >= 15 is 0 Å². The van der Waals surface area contributed by atoms with Crippen LogP contribution in [0.4, 0.5) is 5.95 Å². The molecule has 0 aliphatic heterocycles. The van der Waals surface area contributed by atoms with Crippen LogP contribution in [-0.4, -0.2) is 40.2 Å². The summed E-state index contributed by atoms with van der Waals surface area (Å²) in [5.74, 6) is 0.601. The van der Waals surface area contributed by atoms with Crippen molar-refractivity contribution in [2.45, 2.75) is 6.42 Å². The SMILES string of the molecule is COCCNc1ncc(Cc2c[nH]c3ncc(Cl)cc23)cn1. The fraction of sp³-hybridized carbons (Fsp3) is 0.267. The first-order chi connectivity index (χ1) is 10.8. The van der Waals surface area contributed by atoms with Crippen molar-refractivity contribution in [3.8, 4) is 0 Å². The number of anilines is 1. The summed E-state index contributed by atoms with van der Waals surface area (Å²) in [5, 5.41) is 4.74. The van der Waals surface area contributed by atoms with Crippen LogP contribution in [0.2, 0.25) is 5.02 Å². The van der Waals surface area contributed by atoms with E-state index in [4.69, 9.17) is 16.3 Å². The molecule has 3 aromatic heterocycles. The second kappa shape index (κ2) is 6.72. The van der Waals surface area contributed by atoms with Gasteiger partial charge in [-0.15, -0.1) is 0 Å². The fourth-order valence-electron chi connectivity index (χ4n) is 2.20. The third-order valence-electron chi connectivity index (χ3n) is 3.27. The van der Waals surface area contributed by atoms with Gasteiger partial charge in [0.1, 0.15) is 5.65 Å². The quantitative estimate of drug-likeness (QED) is 0.684. The van der Waals surface area contributed by atoms with Gasteiger partial charge in [-0.05, 0) is 17.2 Å². The first kappa shape index (κ1) is 14.7. The van der Waals surface area contributed by atoms with E-state index in [1.165, 1.54) is 0 Å². The number of fused-ring (bicyclic) bond motifs is 1. The van der Waals surface area contributed by atoms with Gasteiger partial charge in [-0.1, -0.05) is 11.6 Å². The molecular formula is C15H16ClN5O. The highest BCUT2D eigenvalue weighted by Crippen LogP contribution is 2.22. The van der Waals surface area contributed by atoms with Crippen molar-refractivity contribution in [2.75, 3.05) is 25.6 Å². The lowest BCUT2D eigenvalue weighted by Crippen LogP contribution is -2.10. The third-order valence-corrected chi connectivity index (χ3v) is 3.48. The molecule has 114 valence electrons. The Hall–Kier alpha value is -2.18. The van der Waals surface area contributed by atoms with Gasteiger partial charge in [0, 0.05) is 50.2 Å². The predicted molar refractivity (Wildman–Crippen MR) is 86.3 cm³/mol. The Labute approximate surface area is 132 Å². The van der Waals surface area contributed by atoms with Crippen LogP contribution in [-0.2, 0) is 11.2 Å². The molecule has 0 saturated carbocycles. The highest BCUT2D eigenvalue weighted by atomic mass is 35.5. The van der Waals surface area contributed by atoms with Crippen LogP contribution in [0.5, 0.6) is 0 Å². The number of nitrogens with one attached hydrogen (secondary N) is 2. The van der Waals surface area contributed by atoms with Gasteiger partial charge < -0.3 is 15.0 Å². The lowest BCUT2D eigenvalue weighted by atomic mass is 10.1. The largest absolute Gasteiger partial charge is 0.383 e. The zero-order chi connectivity index (χ0) is 15.4. The molecule has 0 fully saturated rings. The van der Waals surface area contributed by atoms with Gasteiger partial charge in [0.25, 0.3) is 0 Å². The molecule has 0 amide bonds. The Balaban J connectivity index is 1.73. The van der Waals surface area contributed by atoms with Crippen LogP contribution in [0.1, 0.15) is 11.1 Å². The predicted octanol–water partition coefficient (Wildman–Crippen LogP) is 2.66. The number of nitrogens with zero attached hydrogens (tertiary/aromatic N) is 3. The van der Waals surface area contributed by atoms with Crippen LogP contribution in [0.3, 0.4) is 0 Å². The Morgan fingerprint density at radius 1 is 1.23 bits per heavy atom. The maximum Gasteiger partial charge on any atom is 0.222 e. The average molecular weight is 318 g/mol. The molecular weight excluding hydrogens is 302 g/mol. The summed E-state index contributed by atoms with van der Waals surface area (Å²) >= 11 is 6.01. The number of halogens is 1. The first-order valence-electron chi connectivity index (χ1n) is 6.91. The van der Waals surface area contributed by atoms with Gasteiger partial charge in [-0.3, -0.25) is 0 Å². The van der Waals surface area contributed by atoms with E-state index in [9.17, 15) is 0 Å². The molecule has 7 heteroatoms. The minimum Gasteiger partial charge on any atom is -0.383 e. The van der Waals surface area contributed by atoms with Gasteiger partial charge in [0.15, 0.2) is 0 Å². The normalized spacial score (nSPS) is 11.0. The smallest absolute Gasteiger partial charge is 0.222 e. The van der Waals surface area contributed by atoms with Crippen LogP contribution in [0.25, 0.3) is 11.0 Å². The van der Waals surface area contributed by atoms with E-state index in [1.54, 1.807) is 13.3 Å². The second-order valence-electron chi connectivity index (χ2n) is 4.87. The van der Waals surface area contributed by atoms with E-state index < -0.39 is 0 Å². The van der Waals surface area contributed by atoms with Crippen molar-refractivity contribution in [3.63, 3.8) is 0 Å². The van der Waals surface area contributed by atoms with Crippen molar-refractivity contribution >= 4 is 28.6 Å². The zero-order valence-electron chi connectivity index (χ0n) is 12.1. The minimum atomic E-state index is 0.601. The Morgan fingerprint density at radius 2 is 2.05 bits per heavy atom. The Bertz CT molecular complexity index is 756. The van der Waals surface area contributed by atoms with E-state index in [0.717, 1.165) is 28.6 Å². The van der Waals surface area contributed by atoms with Crippen molar-refractivity contribution in [2.24, 2.45) is 0 Å². The molecule has 3 heterocycles. The van der Waals surface area contributed by atoms with Crippen molar-refractivity contribution in [1.29, 1.82) is 0 Å². The van der Waals surface area contributed by atoms with E-state index in [1.807, 2.05) is 24.7 Å². The number of rotatable bonds is 6. The van der Waals surface area contributed by atoms with Crippen LogP contribution < -0.4 is 5.32 Å². The number of hydrogen-bond donors (Lipinski definition) is 2. The number of aromatic nitrogens is 4. The third kappa shape index (κ3) is 3.35. The highest BCUT2D eigenvalue weighted by molar-refractivity contribution is 6.31. The van der Waals surface area contributed by atoms with Crippen LogP contribution >= 0.6 is 11.6 Å². The summed E-state index contributed by atoms with van der Waals surface area (Å²) in [4.78, 5) is 16.0. The number of methoxy groups -OCH3 is 1. The molecule has 0 bridgehead atoms. The van der Waals surface area contributed by atoms with Crippen molar-refractivity contribution < 1.29 is 4.74 Å². The van der Waals surface area contributed by atoms with Crippen molar-refractivity contribution in [3.05, 3.63) is 47.0 Å². The maximum absolute atomic E-state index is 6.01. The van der Waals surface area contributed by atoms with Crippen LogP contribution in [0.15, 0.2) is 30.9 Å². The molecule has 22 heavy (non-hydrogen) atoms. The Morgan fingerprint density at radius 3 is 2.82 bits per heavy atom. The number of pyridine rings is 1. The van der Waals surface area contributed by atoms with Gasteiger partial charge in [-0.25, -0.2) is 15.0 Å². The highest BCUT2D eigenvalue weighted by Gasteiger charge is 2.07. The number of ether oxygens (including phenoxy) is 1. The molecule has 3 aromatic rings. The van der Waals surface area contributed by atoms with Crippen molar-refractivity contribution in [1.82, 2.24) is 19.9 Å². The zero-order valence-corrected chi connectivity index (χ0v) is 12.9.